The molecule has 1 aromatic carbocycles. The van der Waals surface area contributed by atoms with E-state index in [1.165, 1.54) is 4.88 Å². The van der Waals surface area contributed by atoms with Crippen molar-refractivity contribution < 1.29 is 0 Å². The van der Waals surface area contributed by atoms with Crippen LogP contribution in [0.15, 0.2) is 30.0 Å². The maximum atomic E-state index is 5.87. The highest BCUT2D eigenvalue weighted by Crippen LogP contribution is 2.26. The Kier molecular flexibility index (Phi) is 3.23. The van der Waals surface area contributed by atoms with Crippen molar-refractivity contribution >= 4 is 33.7 Å². The predicted octanol–water partition coefficient (Wildman–Crippen LogP) is 2.61. The molecule has 0 amide bonds. The SMILES string of the molecule is Cc1ncsc1CN(C)c1ncnc2ccc(N)cc12. The molecule has 2 aromatic heterocycles. The highest BCUT2D eigenvalue weighted by atomic mass is 32.1. The fraction of sp³-hybridized carbons (Fsp3) is 0.214. The van der Waals surface area contributed by atoms with Crippen LogP contribution in [-0.2, 0) is 6.54 Å². The first-order chi connectivity index (χ1) is 9.65. The molecule has 0 bridgehead atoms. The second-order valence-electron chi connectivity index (χ2n) is 4.69. The van der Waals surface area contributed by atoms with Gasteiger partial charge in [-0.25, -0.2) is 15.0 Å². The lowest BCUT2D eigenvalue weighted by Crippen LogP contribution is -2.18. The molecule has 6 heteroatoms. The van der Waals surface area contributed by atoms with Gasteiger partial charge in [0.05, 0.1) is 23.3 Å². The van der Waals surface area contributed by atoms with E-state index in [1.54, 1.807) is 17.7 Å². The first kappa shape index (κ1) is 12.8. The number of aromatic nitrogens is 3. The van der Waals surface area contributed by atoms with E-state index in [-0.39, 0.29) is 0 Å². The topological polar surface area (TPSA) is 67.9 Å². The molecule has 0 unspecified atom stereocenters. The van der Waals surface area contributed by atoms with E-state index < -0.39 is 0 Å². The molecule has 0 saturated heterocycles. The molecule has 0 spiro atoms. The predicted molar refractivity (Wildman–Crippen MR) is 82.9 cm³/mol. The van der Waals surface area contributed by atoms with Gasteiger partial charge in [-0.1, -0.05) is 0 Å². The van der Waals surface area contributed by atoms with E-state index in [1.807, 2.05) is 37.7 Å². The first-order valence-corrected chi connectivity index (χ1v) is 7.13. The van der Waals surface area contributed by atoms with Crippen LogP contribution < -0.4 is 10.6 Å². The van der Waals surface area contributed by atoms with E-state index in [0.29, 0.717) is 0 Å². The van der Waals surface area contributed by atoms with Crippen molar-refractivity contribution in [3.8, 4) is 0 Å². The highest BCUT2D eigenvalue weighted by molar-refractivity contribution is 7.09. The minimum atomic E-state index is 0.718. The Morgan fingerprint density at radius 2 is 2.10 bits per heavy atom. The molecule has 5 nitrogen and oxygen atoms in total. The van der Waals surface area contributed by atoms with Gasteiger partial charge in [0.15, 0.2) is 0 Å². The molecule has 0 aliphatic heterocycles. The zero-order chi connectivity index (χ0) is 14.1. The molecule has 0 aliphatic carbocycles. The number of aryl methyl sites for hydroxylation is 1. The van der Waals surface area contributed by atoms with E-state index in [4.69, 9.17) is 5.73 Å². The Morgan fingerprint density at radius 3 is 2.85 bits per heavy atom. The second kappa shape index (κ2) is 5.05. The number of nitrogen functional groups attached to an aromatic ring is 1. The number of fused-ring (bicyclic) bond motifs is 1. The van der Waals surface area contributed by atoms with Crippen molar-refractivity contribution in [2.75, 3.05) is 17.7 Å². The first-order valence-electron chi connectivity index (χ1n) is 6.25. The van der Waals surface area contributed by atoms with Crippen LogP contribution >= 0.6 is 11.3 Å². The minimum absolute atomic E-state index is 0.718. The Labute approximate surface area is 121 Å². The molecule has 2 N–H and O–H groups in total. The van der Waals surface area contributed by atoms with Gasteiger partial charge in [0.1, 0.15) is 12.1 Å². The third kappa shape index (κ3) is 2.30. The van der Waals surface area contributed by atoms with Crippen molar-refractivity contribution in [2.24, 2.45) is 0 Å². The number of hydrogen-bond donors (Lipinski definition) is 1. The molecule has 3 rings (SSSR count). The average Bonchev–Trinajstić information content (AvgIpc) is 2.83. The molecular formula is C14H15N5S. The zero-order valence-corrected chi connectivity index (χ0v) is 12.2. The maximum Gasteiger partial charge on any atom is 0.140 e. The Balaban J connectivity index is 2.01. The van der Waals surface area contributed by atoms with E-state index in [2.05, 4.69) is 19.9 Å². The average molecular weight is 285 g/mol. The van der Waals surface area contributed by atoms with Gasteiger partial charge in [0.2, 0.25) is 0 Å². The second-order valence-corrected chi connectivity index (χ2v) is 5.63. The molecule has 0 saturated carbocycles. The molecule has 0 radical (unpaired) electrons. The minimum Gasteiger partial charge on any atom is -0.399 e. The normalized spacial score (nSPS) is 10.9. The summed E-state index contributed by atoms with van der Waals surface area (Å²) in [5, 5.41) is 0.970. The summed E-state index contributed by atoms with van der Waals surface area (Å²) in [6.45, 7) is 2.80. The fourth-order valence-electron chi connectivity index (χ4n) is 2.13. The lowest BCUT2D eigenvalue weighted by molar-refractivity contribution is 0.903. The largest absolute Gasteiger partial charge is 0.399 e. The molecular weight excluding hydrogens is 270 g/mol. The smallest absolute Gasteiger partial charge is 0.140 e. The summed E-state index contributed by atoms with van der Waals surface area (Å²) >= 11 is 1.66. The highest BCUT2D eigenvalue weighted by Gasteiger charge is 2.11. The van der Waals surface area contributed by atoms with Gasteiger partial charge in [0.25, 0.3) is 0 Å². The van der Waals surface area contributed by atoms with Crippen molar-refractivity contribution in [1.29, 1.82) is 0 Å². The fourth-order valence-corrected chi connectivity index (χ4v) is 2.96. The third-order valence-electron chi connectivity index (χ3n) is 3.23. The molecule has 0 fully saturated rings. The van der Waals surface area contributed by atoms with Gasteiger partial charge in [-0.3, -0.25) is 0 Å². The summed E-state index contributed by atoms with van der Waals surface area (Å²) in [6.07, 6.45) is 1.59. The molecule has 102 valence electrons. The number of hydrogen-bond acceptors (Lipinski definition) is 6. The van der Waals surface area contributed by atoms with Gasteiger partial charge in [-0.15, -0.1) is 11.3 Å². The number of benzene rings is 1. The number of rotatable bonds is 3. The van der Waals surface area contributed by atoms with E-state index in [0.717, 1.165) is 34.6 Å². The number of nitrogens with two attached hydrogens (primary N) is 1. The van der Waals surface area contributed by atoms with E-state index >= 15 is 0 Å². The van der Waals surface area contributed by atoms with Crippen LogP contribution in [0.2, 0.25) is 0 Å². The summed E-state index contributed by atoms with van der Waals surface area (Å²) < 4.78 is 0. The summed E-state index contributed by atoms with van der Waals surface area (Å²) in [4.78, 5) is 16.3. The third-order valence-corrected chi connectivity index (χ3v) is 4.15. The maximum absolute atomic E-state index is 5.87. The van der Waals surface area contributed by atoms with Crippen LogP contribution in [0.5, 0.6) is 0 Å². The standard InChI is InChI=1S/C14H15N5S/c1-9-13(20-8-18-9)6-19(2)14-11-5-10(15)3-4-12(11)16-7-17-14/h3-5,7-8H,6,15H2,1-2H3. The lowest BCUT2D eigenvalue weighted by atomic mass is 10.2. The number of thiazole rings is 1. The molecule has 2 heterocycles. The Morgan fingerprint density at radius 1 is 1.25 bits per heavy atom. The Hall–Kier alpha value is -2.21. The molecule has 0 atom stereocenters. The lowest BCUT2D eigenvalue weighted by Gasteiger charge is -2.19. The zero-order valence-electron chi connectivity index (χ0n) is 11.4. The summed E-state index contributed by atoms with van der Waals surface area (Å²) in [6, 6.07) is 5.69. The van der Waals surface area contributed by atoms with Gasteiger partial charge in [0, 0.05) is 23.0 Å². The molecule has 20 heavy (non-hydrogen) atoms. The van der Waals surface area contributed by atoms with Crippen molar-refractivity contribution in [3.63, 3.8) is 0 Å². The number of anilines is 2. The summed E-state index contributed by atoms with van der Waals surface area (Å²) in [7, 11) is 2.02. The van der Waals surface area contributed by atoms with Crippen LogP contribution in [0, 0.1) is 6.92 Å². The summed E-state index contributed by atoms with van der Waals surface area (Å²) in [5.74, 6) is 0.884. The number of nitrogens with zero attached hydrogens (tertiary/aromatic N) is 4. The van der Waals surface area contributed by atoms with Gasteiger partial charge >= 0.3 is 0 Å². The summed E-state index contributed by atoms with van der Waals surface area (Å²) in [5.41, 5.74) is 10.4. The Bertz CT molecular complexity index is 752. The quantitative estimate of drug-likeness (QED) is 0.749. The van der Waals surface area contributed by atoms with Gasteiger partial charge in [-0.05, 0) is 25.1 Å². The van der Waals surface area contributed by atoms with Crippen molar-refractivity contribution in [2.45, 2.75) is 13.5 Å². The molecule has 0 aliphatic rings. The van der Waals surface area contributed by atoms with Crippen LogP contribution in [0.4, 0.5) is 11.5 Å². The van der Waals surface area contributed by atoms with Crippen LogP contribution in [0.1, 0.15) is 10.6 Å². The van der Waals surface area contributed by atoms with Crippen molar-refractivity contribution in [3.05, 3.63) is 40.6 Å². The van der Waals surface area contributed by atoms with Crippen LogP contribution in [-0.4, -0.2) is 22.0 Å². The van der Waals surface area contributed by atoms with Gasteiger partial charge < -0.3 is 10.6 Å². The van der Waals surface area contributed by atoms with Gasteiger partial charge in [-0.2, -0.15) is 0 Å². The van der Waals surface area contributed by atoms with Crippen LogP contribution in [0.25, 0.3) is 10.9 Å². The molecule has 3 aromatic rings. The van der Waals surface area contributed by atoms with Crippen molar-refractivity contribution in [1.82, 2.24) is 15.0 Å². The monoisotopic (exact) mass is 285 g/mol. The van der Waals surface area contributed by atoms with E-state index in [9.17, 15) is 0 Å². The van der Waals surface area contributed by atoms with Crippen LogP contribution in [0.3, 0.4) is 0 Å².